The first-order valence-corrected chi connectivity index (χ1v) is 6.84. The number of hydrogen-bond donors (Lipinski definition) is 1. The maximum absolute atomic E-state index is 12.3. The summed E-state index contributed by atoms with van der Waals surface area (Å²) in [5.41, 5.74) is 2.29. The predicted octanol–water partition coefficient (Wildman–Crippen LogP) is 2.36. The third-order valence-electron chi connectivity index (χ3n) is 3.93. The summed E-state index contributed by atoms with van der Waals surface area (Å²) in [7, 11) is 0. The molecule has 1 heterocycles. The maximum atomic E-state index is 12.3. The van der Waals surface area contributed by atoms with Gasteiger partial charge in [-0.25, -0.2) is 0 Å². The fourth-order valence-corrected chi connectivity index (χ4v) is 2.96. The number of fused-ring (bicyclic) bond motifs is 1. The topological polar surface area (TPSA) is 38.3 Å². The number of amides is 1. The summed E-state index contributed by atoms with van der Waals surface area (Å²) >= 11 is 0. The van der Waals surface area contributed by atoms with Gasteiger partial charge in [0.25, 0.3) is 5.91 Å². The summed E-state index contributed by atoms with van der Waals surface area (Å²) in [6.07, 6.45) is 5.18. The molecule has 1 aliphatic heterocycles. The summed E-state index contributed by atoms with van der Waals surface area (Å²) in [5, 5.41) is 3.13. The van der Waals surface area contributed by atoms with Crippen LogP contribution in [-0.2, 0) is 16.0 Å². The standard InChI is InChI=1S/C15H19NO2/c17-15(16-12-6-2-3-7-12)14-13-8-4-1-5-11(13)9-10-18-14/h1,4-5,8,12,14H,2-3,6-7,9-10H2,(H,16,17). The number of ether oxygens (including phenoxy) is 1. The van der Waals surface area contributed by atoms with Gasteiger partial charge in [0.15, 0.2) is 6.10 Å². The van der Waals surface area contributed by atoms with E-state index in [9.17, 15) is 4.79 Å². The molecule has 1 aromatic carbocycles. The summed E-state index contributed by atoms with van der Waals surface area (Å²) in [6.45, 7) is 0.639. The summed E-state index contributed by atoms with van der Waals surface area (Å²) < 4.78 is 5.66. The number of carbonyl (C=O) groups is 1. The van der Waals surface area contributed by atoms with E-state index in [0.717, 1.165) is 24.8 Å². The van der Waals surface area contributed by atoms with Gasteiger partial charge in [0.05, 0.1) is 6.61 Å². The molecule has 0 aromatic heterocycles. The van der Waals surface area contributed by atoms with Crippen molar-refractivity contribution in [3.63, 3.8) is 0 Å². The van der Waals surface area contributed by atoms with E-state index in [2.05, 4.69) is 11.4 Å². The first-order valence-electron chi connectivity index (χ1n) is 6.84. The minimum absolute atomic E-state index is 0.0362. The van der Waals surface area contributed by atoms with Crippen molar-refractivity contribution in [3.8, 4) is 0 Å². The summed E-state index contributed by atoms with van der Waals surface area (Å²) in [4.78, 5) is 12.3. The van der Waals surface area contributed by atoms with Gasteiger partial charge in [-0.3, -0.25) is 4.79 Å². The molecule has 18 heavy (non-hydrogen) atoms. The van der Waals surface area contributed by atoms with Gasteiger partial charge in [0.1, 0.15) is 0 Å². The van der Waals surface area contributed by atoms with Crippen molar-refractivity contribution in [1.29, 1.82) is 0 Å². The Hall–Kier alpha value is -1.35. The molecule has 0 radical (unpaired) electrons. The third-order valence-corrected chi connectivity index (χ3v) is 3.93. The van der Waals surface area contributed by atoms with Gasteiger partial charge >= 0.3 is 0 Å². The van der Waals surface area contributed by atoms with Crippen molar-refractivity contribution in [3.05, 3.63) is 35.4 Å². The van der Waals surface area contributed by atoms with E-state index in [4.69, 9.17) is 4.74 Å². The van der Waals surface area contributed by atoms with E-state index < -0.39 is 6.10 Å². The van der Waals surface area contributed by atoms with E-state index in [1.165, 1.54) is 18.4 Å². The van der Waals surface area contributed by atoms with Gasteiger partial charge in [0.2, 0.25) is 0 Å². The average molecular weight is 245 g/mol. The Morgan fingerprint density at radius 3 is 2.83 bits per heavy atom. The zero-order valence-electron chi connectivity index (χ0n) is 10.5. The van der Waals surface area contributed by atoms with Gasteiger partial charge in [-0.05, 0) is 30.4 Å². The highest BCUT2D eigenvalue weighted by Crippen LogP contribution is 2.28. The zero-order chi connectivity index (χ0) is 12.4. The lowest BCUT2D eigenvalue weighted by Gasteiger charge is -2.26. The van der Waals surface area contributed by atoms with Crippen LogP contribution in [0.25, 0.3) is 0 Å². The molecule has 1 fully saturated rings. The second-order valence-corrected chi connectivity index (χ2v) is 5.19. The largest absolute Gasteiger partial charge is 0.363 e. The van der Waals surface area contributed by atoms with Crippen LogP contribution in [0.2, 0.25) is 0 Å². The molecule has 1 saturated carbocycles. The highest BCUT2D eigenvalue weighted by atomic mass is 16.5. The van der Waals surface area contributed by atoms with Gasteiger partial charge in [-0.15, -0.1) is 0 Å². The molecule has 1 N–H and O–H groups in total. The van der Waals surface area contributed by atoms with Crippen LogP contribution in [0.5, 0.6) is 0 Å². The van der Waals surface area contributed by atoms with E-state index in [1.807, 2.05) is 18.2 Å². The molecular formula is C15H19NO2. The number of benzene rings is 1. The molecule has 1 amide bonds. The van der Waals surface area contributed by atoms with Crippen LogP contribution < -0.4 is 5.32 Å². The fourth-order valence-electron chi connectivity index (χ4n) is 2.96. The Labute approximate surface area is 108 Å². The lowest BCUT2D eigenvalue weighted by atomic mass is 9.97. The maximum Gasteiger partial charge on any atom is 0.253 e. The highest BCUT2D eigenvalue weighted by molar-refractivity contribution is 5.83. The van der Waals surface area contributed by atoms with Crippen molar-refractivity contribution in [2.75, 3.05) is 6.61 Å². The van der Waals surface area contributed by atoms with Crippen LogP contribution in [0.3, 0.4) is 0 Å². The smallest absolute Gasteiger partial charge is 0.253 e. The first kappa shape index (κ1) is 11.7. The molecule has 1 aliphatic carbocycles. The van der Waals surface area contributed by atoms with Crippen LogP contribution in [0, 0.1) is 0 Å². The van der Waals surface area contributed by atoms with Gasteiger partial charge in [-0.1, -0.05) is 37.1 Å². The molecule has 0 saturated heterocycles. The highest BCUT2D eigenvalue weighted by Gasteiger charge is 2.29. The lowest BCUT2D eigenvalue weighted by molar-refractivity contribution is -0.134. The Morgan fingerprint density at radius 2 is 2.00 bits per heavy atom. The van der Waals surface area contributed by atoms with E-state index in [-0.39, 0.29) is 5.91 Å². The van der Waals surface area contributed by atoms with Crippen LogP contribution >= 0.6 is 0 Å². The molecule has 0 spiro atoms. The van der Waals surface area contributed by atoms with Crippen LogP contribution in [-0.4, -0.2) is 18.6 Å². The minimum atomic E-state index is -0.407. The van der Waals surface area contributed by atoms with Gasteiger partial charge < -0.3 is 10.1 Å². The van der Waals surface area contributed by atoms with Crippen molar-refractivity contribution >= 4 is 5.91 Å². The first-order chi connectivity index (χ1) is 8.84. The number of carbonyl (C=O) groups excluding carboxylic acids is 1. The Bertz CT molecular complexity index is 438. The molecule has 1 unspecified atom stereocenters. The normalized spacial score (nSPS) is 23.7. The van der Waals surface area contributed by atoms with Crippen LogP contribution in [0.1, 0.15) is 42.9 Å². The third kappa shape index (κ3) is 2.27. The molecule has 3 nitrogen and oxygen atoms in total. The Kier molecular flexibility index (Phi) is 3.33. The fraction of sp³-hybridized carbons (Fsp3) is 0.533. The van der Waals surface area contributed by atoms with E-state index >= 15 is 0 Å². The minimum Gasteiger partial charge on any atom is -0.363 e. The SMILES string of the molecule is O=C(NC1CCCC1)C1OCCc2ccccc21. The predicted molar refractivity (Wildman–Crippen MR) is 69.2 cm³/mol. The van der Waals surface area contributed by atoms with E-state index in [1.54, 1.807) is 0 Å². The van der Waals surface area contributed by atoms with Crippen molar-refractivity contribution in [1.82, 2.24) is 5.32 Å². The Balaban J connectivity index is 1.74. The lowest BCUT2D eigenvalue weighted by Crippen LogP contribution is -2.38. The molecular weight excluding hydrogens is 226 g/mol. The summed E-state index contributed by atoms with van der Waals surface area (Å²) in [5.74, 6) is 0.0362. The van der Waals surface area contributed by atoms with Crippen molar-refractivity contribution in [2.24, 2.45) is 0 Å². The van der Waals surface area contributed by atoms with Crippen LogP contribution in [0.4, 0.5) is 0 Å². The van der Waals surface area contributed by atoms with E-state index in [0.29, 0.717) is 12.6 Å². The molecule has 96 valence electrons. The monoisotopic (exact) mass is 245 g/mol. The summed E-state index contributed by atoms with van der Waals surface area (Å²) in [6, 6.07) is 8.45. The second kappa shape index (κ2) is 5.11. The molecule has 3 heteroatoms. The quantitative estimate of drug-likeness (QED) is 0.868. The Morgan fingerprint density at radius 1 is 1.22 bits per heavy atom. The molecule has 1 atom stereocenters. The second-order valence-electron chi connectivity index (χ2n) is 5.19. The molecule has 3 rings (SSSR count). The zero-order valence-corrected chi connectivity index (χ0v) is 10.5. The number of hydrogen-bond acceptors (Lipinski definition) is 2. The number of rotatable bonds is 2. The van der Waals surface area contributed by atoms with Gasteiger partial charge in [-0.2, -0.15) is 0 Å². The van der Waals surface area contributed by atoms with Gasteiger partial charge in [0, 0.05) is 6.04 Å². The number of nitrogens with one attached hydrogen (secondary N) is 1. The molecule has 2 aliphatic rings. The van der Waals surface area contributed by atoms with Crippen molar-refractivity contribution < 1.29 is 9.53 Å². The molecule has 1 aromatic rings. The van der Waals surface area contributed by atoms with Crippen LogP contribution in [0.15, 0.2) is 24.3 Å². The average Bonchev–Trinajstić information content (AvgIpc) is 2.91. The van der Waals surface area contributed by atoms with Crippen molar-refractivity contribution in [2.45, 2.75) is 44.2 Å². The molecule has 0 bridgehead atoms.